The minimum atomic E-state index is -0.712. The highest BCUT2D eigenvalue weighted by Gasteiger charge is 2.13. The highest BCUT2D eigenvalue weighted by Crippen LogP contribution is 1.98. The fourth-order valence-electron chi connectivity index (χ4n) is 0.673. The molecule has 0 saturated heterocycles. The average Bonchev–Trinajstić information content (AvgIpc) is 2.34. The maximum absolute atomic E-state index is 10.5. The molecule has 1 aromatic rings. The molecular weight excluding hydrogens is 164 g/mol. The van der Waals surface area contributed by atoms with Gasteiger partial charge < -0.3 is 10.1 Å². The van der Waals surface area contributed by atoms with Crippen LogP contribution < -0.4 is 0 Å². The summed E-state index contributed by atoms with van der Waals surface area (Å²) in [6.45, 7) is 1.38. The highest BCUT2D eigenvalue weighted by molar-refractivity contribution is 5.75. The van der Waals surface area contributed by atoms with Crippen LogP contribution >= 0.6 is 0 Å². The van der Waals surface area contributed by atoms with E-state index in [1.165, 1.54) is 6.92 Å². The van der Waals surface area contributed by atoms with E-state index in [9.17, 15) is 14.9 Å². The fraction of sp³-hybridized carbons (Fsp3) is 0.400. The predicted molar refractivity (Wildman–Crippen MR) is 37.4 cm³/mol. The molecule has 7 heteroatoms. The fourth-order valence-corrected chi connectivity index (χ4v) is 0.673. The Morgan fingerprint density at radius 1 is 1.83 bits per heavy atom. The highest BCUT2D eigenvalue weighted by atomic mass is 16.6. The second-order valence-corrected chi connectivity index (χ2v) is 2.20. The van der Waals surface area contributed by atoms with Crippen molar-refractivity contribution in [3.63, 3.8) is 0 Å². The summed E-state index contributed by atoms with van der Waals surface area (Å²) in [4.78, 5) is 23.3. The number of carbonyl (C=O) groups is 1. The summed E-state index contributed by atoms with van der Waals surface area (Å²) in [6, 6.07) is 0. The van der Waals surface area contributed by atoms with Gasteiger partial charge in [-0.1, -0.05) is 4.98 Å². The molecular formula is C5H6N4O3. The van der Waals surface area contributed by atoms with E-state index in [0.29, 0.717) is 0 Å². The van der Waals surface area contributed by atoms with Crippen LogP contribution in [-0.4, -0.2) is 25.5 Å². The molecule has 0 saturated carbocycles. The van der Waals surface area contributed by atoms with Crippen LogP contribution in [0.2, 0.25) is 0 Å². The van der Waals surface area contributed by atoms with Crippen molar-refractivity contribution < 1.29 is 9.72 Å². The summed E-state index contributed by atoms with van der Waals surface area (Å²) < 4.78 is 1.13. The maximum Gasteiger partial charge on any atom is 0.490 e. The topological polar surface area (TPSA) is 90.9 Å². The Morgan fingerprint density at radius 2 is 2.50 bits per heavy atom. The van der Waals surface area contributed by atoms with Crippen molar-refractivity contribution in [3.05, 3.63) is 16.4 Å². The largest absolute Gasteiger partial charge is 0.490 e. The first-order chi connectivity index (χ1) is 5.59. The van der Waals surface area contributed by atoms with Gasteiger partial charge in [-0.3, -0.25) is 4.79 Å². The molecule has 0 amide bonds. The van der Waals surface area contributed by atoms with E-state index in [0.717, 1.165) is 11.0 Å². The molecule has 0 aliphatic carbocycles. The lowest BCUT2D eigenvalue weighted by Gasteiger charge is -1.87. The average molecular weight is 170 g/mol. The van der Waals surface area contributed by atoms with Crippen molar-refractivity contribution in [3.8, 4) is 0 Å². The molecule has 0 radical (unpaired) electrons. The summed E-state index contributed by atoms with van der Waals surface area (Å²) >= 11 is 0. The van der Waals surface area contributed by atoms with Crippen LogP contribution in [0.15, 0.2) is 6.33 Å². The number of nitro groups is 1. The molecule has 0 aliphatic rings. The van der Waals surface area contributed by atoms with Gasteiger partial charge in [0, 0.05) is 5.10 Å². The number of ketones is 1. The predicted octanol–water partition coefficient (Wildman–Crippen LogP) is -0.225. The minimum absolute atomic E-state index is 0.0147. The van der Waals surface area contributed by atoms with Crippen LogP contribution in [0.25, 0.3) is 0 Å². The Bertz CT molecular complexity index is 318. The van der Waals surface area contributed by atoms with Gasteiger partial charge in [-0.05, 0) is 11.8 Å². The van der Waals surface area contributed by atoms with E-state index in [1.54, 1.807) is 0 Å². The van der Waals surface area contributed by atoms with Crippen molar-refractivity contribution in [1.29, 1.82) is 0 Å². The van der Waals surface area contributed by atoms with Crippen LogP contribution in [0.3, 0.4) is 0 Å². The van der Waals surface area contributed by atoms with E-state index in [-0.39, 0.29) is 12.3 Å². The normalized spacial score (nSPS) is 9.75. The molecule has 12 heavy (non-hydrogen) atoms. The first kappa shape index (κ1) is 8.31. The molecule has 1 heterocycles. The maximum atomic E-state index is 10.5. The van der Waals surface area contributed by atoms with Crippen molar-refractivity contribution in [2.24, 2.45) is 0 Å². The van der Waals surface area contributed by atoms with Crippen molar-refractivity contribution in [1.82, 2.24) is 14.8 Å². The lowest BCUT2D eigenvalue weighted by atomic mass is 10.5. The molecule has 0 spiro atoms. The molecule has 0 bridgehead atoms. The molecule has 7 nitrogen and oxygen atoms in total. The molecule has 0 N–H and O–H groups in total. The number of aromatic nitrogens is 3. The first-order valence-corrected chi connectivity index (χ1v) is 3.13. The van der Waals surface area contributed by atoms with Crippen LogP contribution in [-0.2, 0) is 11.3 Å². The summed E-state index contributed by atoms with van der Waals surface area (Å²) in [5.74, 6) is -0.619. The number of carbonyl (C=O) groups excluding carboxylic acids is 1. The lowest BCUT2D eigenvalue weighted by Crippen LogP contribution is -2.06. The van der Waals surface area contributed by atoms with Crippen LogP contribution in [0.5, 0.6) is 0 Å². The zero-order valence-electron chi connectivity index (χ0n) is 6.30. The van der Waals surface area contributed by atoms with Crippen LogP contribution in [0.1, 0.15) is 6.92 Å². The van der Waals surface area contributed by atoms with Gasteiger partial charge in [0.05, 0.1) is 0 Å². The van der Waals surface area contributed by atoms with E-state index < -0.39 is 10.9 Å². The molecule has 0 unspecified atom stereocenters. The van der Waals surface area contributed by atoms with Gasteiger partial charge >= 0.3 is 5.95 Å². The zero-order valence-corrected chi connectivity index (χ0v) is 6.30. The minimum Gasteiger partial charge on any atom is -0.390 e. The van der Waals surface area contributed by atoms with Crippen molar-refractivity contribution in [2.45, 2.75) is 13.5 Å². The molecule has 0 atom stereocenters. The van der Waals surface area contributed by atoms with E-state index in [4.69, 9.17) is 0 Å². The Labute approximate surface area is 67.2 Å². The second kappa shape index (κ2) is 3.07. The third-order valence-corrected chi connectivity index (χ3v) is 1.07. The van der Waals surface area contributed by atoms with E-state index in [2.05, 4.69) is 10.1 Å². The van der Waals surface area contributed by atoms with Crippen LogP contribution in [0.4, 0.5) is 5.95 Å². The number of Topliss-reactive ketones (excluding diaryl/α,β-unsaturated/α-hetero) is 1. The van der Waals surface area contributed by atoms with Gasteiger partial charge in [-0.25, -0.2) is 0 Å². The van der Waals surface area contributed by atoms with Gasteiger partial charge in [0.25, 0.3) is 0 Å². The van der Waals surface area contributed by atoms with E-state index in [1.807, 2.05) is 0 Å². The Balaban J connectivity index is 2.77. The molecule has 0 aliphatic heterocycles. The summed E-state index contributed by atoms with van der Waals surface area (Å²) in [7, 11) is 0. The molecule has 64 valence electrons. The quantitative estimate of drug-likeness (QED) is 0.461. The molecule has 1 rings (SSSR count). The summed E-state index contributed by atoms with van der Waals surface area (Å²) in [5, 5.41) is 13.5. The van der Waals surface area contributed by atoms with Crippen LogP contribution in [0, 0.1) is 10.1 Å². The Hall–Kier alpha value is -1.79. The zero-order chi connectivity index (χ0) is 9.14. The van der Waals surface area contributed by atoms with Gasteiger partial charge in [-0.15, -0.1) is 0 Å². The summed E-state index contributed by atoms with van der Waals surface area (Å²) in [5.41, 5.74) is 0. The third-order valence-electron chi connectivity index (χ3n) is 1.07. The van der Waals surface area contributed by atoms with Gasteiger partial charge in [0.1, 0.15) is 6.54 Å². The molecule has 1 aromatic heterocycles. The van der Waals surface area contributed by atoms with Crippen molar-refractivity contribution >= 4 is 11.7 Å². The molecule has 0 fully saturated rings. The number of rotatable bonds is 3. The Morgan fingerprint density at radius 3 is 2.92 bits per heavy atom. The summed E-state index contributed by atoms with van der Waals surface area (Å²) in [6.07, 6.45) is 1.15. The lowest BCUT2D eigenvalue weighted by molar-refractivity contribution is -0.394. The Kier molecular flexibility index (Phi) is 2.13. The standard InChI is InChI=1S/C5H6N4O3/c1-4(10)2-8-3-6-5(7-8)9(11)12/h3H,2H2,1H3. The number of hydrogen-bond donors (Lipinski definition) is 0. The van der Waals surface area contributed by atoms with Crippen molar-refractivity contribution in [2.75, 3.05) is 0 Å². The second-order valence-electron chi connectivity index (χ2n) is 2.20. The van der Waals surface area contributed by atoms with E-state index >= 15 is 0 Å². The SMILES string of the molecule is CC(=O)Cn1cnc([N+](=O)[O-])n1. The smallest absolute Gasteiger partial charge is 0.390 e. The number of nitrogens with zero attached hydrogens (tertiary/aromatic N) is 4. The third kappa shape index (κ3) is 1.84. The van der Waals surface area contributed by atoms with Gasteiger partial charge in [0.2, 0.25) is 6.33 Å². The number of hydrogen-bond acceptors (Lipinski definition) is 5. The first-order valence-electron chi connectivity index (χ1n) is 3.13. The molecule has 0 aromatic carbocycles. The monoisotopic (exact) mass is 170 g/mol. The van der Waals surface area contributed by atoms with Gasteiger partial charge in [-0.2, -0.15) is 4.68 Å². The van der Waals surface area contributed by atoms with Gasteiger partial charge in [0.15, 0.2) is 5.78 Å².